The summed E-state index contributed by atoms with van der Waals surface area (Å²) in [6.45, 7) is 3.28. The zero-order chi connectivity index (χ0) is 20.5. The molecule has 0 atom stereocenters. The van der Waals surface area contributed by atoms with Crippen molar-refractivity contribution in [1.29, 1.82) is 0 Å². The van der Waals surface area contributed by atoms with Gasteiger partial charge >= 0.3 is 0 Å². The summed E-state index contributed by atoms with van der Waals surface area (Å²) in [7, 11) is 0. The lowest BCUT2D eigenvalue weighted by Gasteiger charge is -2.26. The van der Waals surface area contributed by atoms with Crippen LogP contribution in [0.1, 0.15) is 79.1 Å². The summed E-state index contributed by atoms with van der Waals surface area (Å²) in [5.41, 5.74) is 8.85. The van der Waals surface area contributed by atoms with Crippen LogP contribution < -0.4 is 10.7 Å². The molecule has 6 nitrogen and oxygen atoms in total. The van der Waals surface area contributed by atoms with Crippen LogP contribution in [0.3, 0.4) is 0 Å². The second-order valence-electron chi connectivity index (χ2n) is 8.81. The highest BCUT2D eigenvalue weighted by molar-refractivity contribution is 6.32. The maximum absolute atomic E-state index is 12.4. The van der Waals surface area contributed by atoms with Crippen molar-refractivity contribution in [3.63, 3.8) is 0 Å². The molecule has 6 heteroatoms. The van der Waals surface area contributed by atoms with Crippen LogP contribution in [0.4, 0.5) is 0 Å². The second-order valence-corrected chi connectivity index (χ2v) is 8.81. The molecule has 2 aromatic heterocycles. The number of hydrogen-bond acceptors (Lipinski definition) is 4. The molecule has 0 spiro atoms. The molecule has 0 radical (unpaired) electrons. The number of amides is 1. The van der Waals surface area contributed by atoms with Crippen LogP contribution in [0.2, 0.25) is 0 Å². The number of hydrogen-bond donors (Lipinski definition) is 3. The predicted octanol–water partition coefficient (Wildman–Crippen LogP) is 4.18. The van der Waals surface area contributed by atoms with Crippen molar-refractivity contribution in [3.8, 4) is 0 Å². The molecule has 158 valence electrons. The van der Waals surface area contributed by atoms with Gasteiger partial charge in [-0.2, -0.15) is 5.10 Å². The molecule has 2 aromatic rings. The number of hydrazone groups is 1. The van der Waals surface area contributed by atoms with Gasteiger partial charge in [0.1, 0.15) is 5.71 Å². The fourth-order valence-corrected chi connectivity index (χ4v) is 4.54. The molecule has 2 fully saturated rings. The van der Waals surface area contributed by atoms with Crippen LogP contribution in [0.5, 0.6) is 0 Å². The molecule has 1 aliphatic heterocycles. The number of furan rings is 1. The third kappa shape index (κ3) is 3.88. The van der Waals surface area contributed by atoms with Crippen LogP contribution in [-0.2, 0) is 11.2 Å². The minimum absolute atomic E-state index is 0.181. The van der Waals surface area contributed by atoms with E-state index >= 15 is 0 Å². The van der Waals surface area contributed by atoms with Gasteiger partial charge in [0.05, 0.1) is 11.8 Å². The average Bonchev–Trinajstić information content (AvgIpc) is 3.11. The Morgan fingerprint density at radius 1 is 1.27 bits per heavy atom. The normalized spacial score (nSPS) is 20.5. The Bertz CT molecular complexity index is 975. The summed E-state index contributed by atoms with van der Waals surface area (Å²) in [5, 5.41) is 7.85. The van der Waals surface area contributed by atoms with E-state index in [2.05, 4.69) is 27.8 Å². The van der Waals surface area contributed by atoms with Crippen LogP contribution in [-0.4, -0.2) is 29.2 Å². The molecule has 2 saturated carbocycles. The highest BCUT2D eigenvalue weighted by Gasteiger charge is 2.32. The molecule has 3 aliphatic rings. The largest absolute Gasteiger partial charge is 0.463 e. The SMILES string of the molecule is Cc1[nH]c(C=C2C(=O)NN=C2c2ccco2)c(C2CC2)c1CCCCNC1CCC1. The van der Waals surface area contributed by atoms with Crippen molar-refractivity contribution in [2.45, 2.75) is 70.3 Å². The van der Waals surface area contributed by atoms with Crippen molar-refractivity contribution in [3.05, 3.63) is 52.2 Å². The van der Waals surface area contributed by atoms with Gasteiger partial charge in [0.2, 0.25) is 0 Å². The van der Waals surface area contributed by atoms with Crippen molar-refractivity contribution in [1.82, 2.24) is 15.7 Å². The minimum atomic E-state index is -0.181. The Balaban J connectivity index is 1.34. The first-order valence-electron chi connectivity index (χ1n) is 11.3. The summed E-state index contributed by atoms with van der Waals surface area (Å²) in [6.07, 6.45) is 13.6. The van der Waals surface area contributed by atoms with Gasteiger partial charge in [0.15, 0.2) is 5.76 Å². The molecule has 3 heterocycles. The van der Waals surface area contributed by atoms with Crippen molar-refractivity contribution in [2.75, 3.05) is 6.54 Å². The molecule has 0 unspecified atom stereocenters. The summed E-state index contributed by atoms with van der Waals surface area (Å²) >= 11 is 0. The fourth-order valence-electron chi connectivity index (χ4n) is 4.54. The Morgan fingerprint density at radius 2 is 2.13 bits per heavy atom. The maximum atomic E-state index is 12.4. The van der Waals surface area contributed by atoms with E-state index in [9.17, 15) is 4.79 Å². The summed E-state index contributed by atoms with van der Waals surface area (Å²) in [5.74, 6) is 1.03. The topological polar surface area (TPSA) is 82.4 Å². The maximum Gasteiger partial charge on any atom is 0.273 e. The van der Waals surface area contributed by atoms with Gasteiger partial charge in [0.25, 0.3) is 5.91 Å². The molecular formula is C24H30N4O2. The van der Waals surface area contributed by atoms with Crippen LogP contribution in [0.15, 0.2) is 33.5 Å². The van der Waals surface area contributed by atoms with E-state index in [4.69, 9.17) is 4.42 Å². The lowest BCUT2D eigenvalue weighted by Crippen LogP contribution is -2.35. The Labute approximate surface area is 177 Å². The Kier molecular flexibility index (Phi) is 5.34. The third-order valence-corrected chi connectivity index (χ3v) is 6.58. The van der Waals surface area contributed by atoms with Gasteiger partial charge in [-0.15, -0.1) is 0 Å². The zero-order valence-electron chi connectivity index (χ0n) is 17.6. The monoisotopic (exact) mass is 406 g/mol. The molecule has 30 heavy (non-hydrogen) atoms. The Morgan fingerprint density at radius 3 is 2.83 bits per heavy atom. The van der Waals surface area contributed by atoms with Gasteiger partial charge in [0, 0.05) is 17.4 Å². The smallest absolute Gasteiger partial charge is 0.273 e. The fraction of sp³-hybridized carbons (Fsp3) is 0.500. The summed E-state index contributed by atoms with van der Waals surface area (Å²) < 4.78 is 5.48. The quantitative estimate of drug-likeness (QED) is 0.432. The molecule has 0 saturated heterocycles. The van der Waals surface area contributed by atoms with Gasteiger partial charge < -0.3 is 14.7 Å². The lowest BCUT2D eigenvalue weighted by atomic mass is 9.93. The predicted molar refractivity (Wildman–Crippen MR) is 117 cm³/mol. The average molecular weight is 407 g/mol. The van der Waals surface area contributed by atoms with E-state index in [0.717, 1.165) is 24.7 Å². The number of nitrogens with zero attached hydrogens (tertiary/aromatic N) is 1. The minimum Gasteiger partial charge on any atom is -0.463 e. The van der Waals surface area contributed by atoms with Gasteiger partial charge in [-0.1, -0.05) is 6.42 Å². The first-order valence-corrected chi connectivity index (χ1v) is 11.3. The van der Waals surface area contributed by atoms with E-state index in [1.54, 1.807) is 6.26 Å². The standard InChI is InChI=1S/C24H30N4O2/c1-15-18(8-2-3-12-25-17-6-4-7-17)22(16-10-11-16)20(26-15)14-19-23(27-28-24(19)29)21-9-5-13-30-21/h5,9,13-14,16-17,25-26H,2-4,6-8,10-12H2,1H3,(H,28,29). The summed E-state index contributed by atoms with van der Waals surface area (Å²) in [6, 6.07) is 4.41. The van der Waals surface area contributed by atoms with Gasteiger partial charge in [-0.25, -0.2) is 5.43 Å². The molecule has 1 amide bonds. The highest BCUT2D eigenvalue weighted by atomic mass is 16.3. The molecule has 0 aromatic carbocycles. The van der Waals surface area contributed by atoms with Gasteiger partial charge in [-0.05, 0) is 93.7 Å². The van der Waals surface area contributed by atoms with Crippen molar-refractivity contribution < 1.29 is 9.21 Å². The number of aromatic amines is 1. The lowest BCUT2D eigenvalue weighted by molar-refractivity contribution is -0.116. The van der Waals surface area contributed by atoms with E-state index in [-0.39, 0.29) is 5.91 Å². The first kappa shape index (κ1) is 19.4. The molecule has 2 aliphatic carbocycles. The number of aryl methyl sites for hydroxylation is 1. The van der Waals surface area contributed by atoms with Crippen LogP contribution in [0, 0.1) is 6.92 Å². The van der Waals surface area contributed by atoms with Crippen molar-refractivity contribution in [2.24, 2.45) is 5.10 Å². The van der Waals surface area contributed by atoms with Crippen LogP contribution in [0.25, 0.3) is 6.08 Å². The summed E-state index contributed by atoms with van der Waals surface area (Å²) in [4.78, 5) is 16.0. The molecular weight excluding hydrogens is 376 g/mol. The second kappa shape index (κ2) is 8.26. The zero-order valence-corrected chi connectivity index (χ0v) is 17.6. The first-order chi connectivity index (χ1) is 14.7. The third-order valence-electron chi connectivity index (χ3n) is 6.58. The Hall–Kier alpha value is -2.60. The van der Waals surface area contributed by atoms with E-state index in [1.807, 2.05) is 18.2 Å². The van der Waals surface area contributed by atoms with Crippen LogP contribution >= 0.6 is 0 Å². The number of H-pyrrole nitrogens is 1. The number of nitrogens with one attached hydrogen (secondary N) is 3. The number of unbranched alkanes of at least 4 members (excludes halogenated alkanes) is 1. The number of aromatic nitrogens is 1. The molecule has 3 N–H and O–H groups in total. The van der Waals surface area contributed by atoms with E-state index < -0.39 is 0 Å². The number of rotatable bonds is 9. The van der Waals surface area contributed by atoms with E-state index in [1.165, 1.54) is 61.8 Å². The van der Waals surface area contributed by atoms with E-state index in [0.29, 0.717) is 23.0 Å². The van der Waals surface area contributed by atoms with Crippen molar-refractivity contribution >= 4 is 17.7 Å². The number of carbonyl (C=O) groups is 1. The van der Waals surface area contributed by atoms with Gasteiger partial charge in [-0.3, -0.25) is 4.79 Å². The highest BCUT2D eigenvalue weighted by Crippen LogP contribution is 2.45. The number of carbonyl (C=O) groups excluding carboxylic acids is 1. The molecule has 0 bridgehead atoms. The molecule has 5 rings (SSSR count).